The molecular formula is C17H18N2O2. The molecule has 4 heteroatoms. The first kappa shape index (κ1) is 13.8. The van der Waals surface area contributed by atoms with Crippen LogP contribution >= 0.6 is 0 Å². The van der Waals surface area contributed by atoms with Crippen molar-refractivity contribution in [2.45, 2.75) is 25.4 Å². The van der Waals surface area contributed by atoms with Gasteiger partial charge in [-0.05, 0) is 31.0 Å². The van der Waals surface area contributed by atoms with E-state index in [1.807, 2.05) is 19.2 Å². The Hall–Kier alpha value is -2.20. The van der Waals surface area contributed by atoms with Gasteiger partial charge in [-0.1, -0.05) is 42.5 Å². The molecule has 0 bridgehead atoms. The van der Waals surface area contributed by atoms with E-state index in [0.717, 1.165) is 18.4 Å². The van der Waals surface area contributed by atoms with Gasteiger partial charge in [-0.2, -0.15) is 0 Å². The monoisotopic (exact) mass is 282 g/mol. The van der Waals surface area contributed by atoms with Gasteiger partial charge < -0.3 is 0 Å². The Labute approximate surface area is 124 Å². The predicted molar refractivity (Wildman–Crippen MR) is 82.1 cm³/mol. The van der Waals surface area contributed by atoms with Crippen LogP contribution in [0.15, 0.2) is 48.5 Å². The average molecular weight is 282 g/mol. The van der Waals surface area contributed by atoms with Gasteiger partial charge in [-0.25, -0.2) is 0 Å². The normalized spacial score (nSPS) is 17.0. The molecule has 2 aromatic carbocycles. The van der Waals surface area contributed by atoms with Gasteiger partial charge in [0.2, 0.25) is 0 Å². The summed E-state index contributed by atoms with van der Waals surface area (Å²) in [5.74, 6) is 0. The summed E-state index contributed by atoms with van der Waals surface area (Å²) in [5, 5.41) is 11.1. The van der Waals surface area contributed by atoms with Gasteiger partial charge in [-0.15, -0.1) is 0 Å². The van der Waals surface area contributed by atoms with Crippen molar-refractivity contribution in [2.24, 2.45) is 0 Å². The predicted octanol–water partition coefficient (Wildman–Crippen LogP) is 3.71. The fraction of sp³-hybridized carbons (Fsp3) is 0.294. The molecule has 3 rings (SSSR count). The van der Waals surface area contributed by atoms with Crippen LogP contribution in [-0.2, 0) is 13.0 Å². The van der Waals surface area contributed by atoms with Crippen molar-refractivity contribution in [2.75, 3.05) is 7.05 Å². The molecule has 21 heavy (non-hydrogen) atoms. The summed E-state index contributed by atoms with van der Waals surface area (Å²) in [7, 11) is 2.05. The quantitative estimate of drug-likeness (QED) is 0.634. The highest BCUT2D eigenvalue weighted by atomic mass is 16.6. The zero-order chi connectivity index (χ0) is 14.8. The molecule has 0 amide bonds. The van der Waals surface area contributed by atoms with Crippen molar-refractivity contribution in [1.29, 1.82) is 0 Å². The van der Waals surface area contributed by atoms with E-state index >= 15 is 0 Å². The molecule has 0 saturated heterocycles. The third kappa shape index (κ3) is 2.67. The minimum atomic E-state index is -0.300. The van der Waals surface area contributed by atoms with Gasteiger partial charge in [0.1, 0.15) is 0 Å². The van der Waals surface area contributed by atoms with Gasteiger partial charge in [0.15, 0.2) is 0 Å². The number of hydrogen-bond acceptors (Lipinski definition) is 3. The van der Waals surface area contributed by atoms with Crippen molar-refractivity contribution in [3.8, 4) is 0 Å². The van der Waals surface area contributed by atoms with Crippen LogP contribution in [0.1, 0.15) is 29.2 Å². The van der Waals surface area contributed by atoms with E-state index in [1.165, 1.54) is 11.1 Å². The first-order valence-corrected chi connectivity index (χ1v) is 7.17. The Kier molecular flexibility index (Phi) is 3.71. The fourth-order valence-corrected chi connectivity index (χ4v) is 3.19. The number of benzene rings is 2. The summed E-state index contributed by atoms with van der Waals surface area (Å²) < 4.78 is 0. The third-order valence-electron chi connectivity index (χ3n) is 4.24. The number of nitro benzene ring substituents is 1. The van der Waals surface area contributed by atoms with Gasteiger partial charge >= 0.3 is 0 Å². The van der Waals surface area contributed by atoms with E-state index < -0.39 is 0 Å². The molecule has 0 N–H and O–H groups in total. The molecule has 4 nitrogen and oxygen atoms in total. The molecule has 108 valence electrons. The second-order valence-corrected chi connectivity index (χ2v) is 5.55. The Bertz CT molecular complexity index is 669. The smallest absolute Gasteiger partial charge is 0.273 e. The van der Waals surface area contributed by atoms with Crippen LogP contribution in [0.4, 0.5) is 5.69 Å². The maximum Gasteiger partial charge on any atom is 0.273 e. The van der Waals surface area contributed by atoms with Crippen molar-refractivity contribution in [1.82, 2.24) is 4.90 Å². The van der Waals surface area contributed by atoms with Crippen molar-refractivity contribution in [3.63, 3.8) is 0 Å². The molecule has 1 unspecified atom stereocenters. The van der Waals surface area contributed by atoms with Crippen LogP contribution in [0.3, 0.4) is 0 Å². The van der Waals surface area contributed by atoms with Crippen LogP contribution in [0.2, 0.25) is 0 Å². The zero-order valence-electron chi connectivity index (χ0n) is 12.0. The molecule has 0 spiro atoms. The summed E-state index contributed by atoms with van der Waals surface area (Å²) in [5.41, 5.74) is 3.74. The molecule has 1 aliphatic carbocycles. The number of hydrogen-bond donors (Lipinski definition) is 0. The molecule has 0 radical (unpaired) electrons. The Morgan fingerprint density at radius 3 is 2.71 bits per heavy atom. The van der Waals surface area contributed by atoms with E-state index in [1.54, 1.807) is 12.1 Å². The lowest BCUT2D eigenvalue weighted by atomic mass is 10.1. The van der Waals surface area contributed by atoms with Crippen LogP contribution in [-0.4, -0.2) is 16.9 Å². The highest BCUT2D eigenvalue weighted by molar-refractivity contribution is 5.40. The number of fused-ring (bicyclic) bond motifs is 1. The topological polar surface area (TPSA) is 46.4 Å². The van der Waals surface area contributed by atoms with Crippen molar-refractivity contribution in [3.05, 3.63) is 75.3 Å². The minimum Gasteiger partial charge on any atom is -0.295 e. The Morgan fingerprint density at radius 1 is 1.19 bits per heavy atom. The largest absolute Gasteiger partial charge is 0.295 e. The Morgan fingerprint density at radius 2 is 1.90 bits per heavy atom. The Balaban J connectivity index is 1.82. The zero-order valence-corrected chi connectivity index (χ0v) is 12.0. The molecule has 2 aromatic rings. The average Bonchev–Trinajstić information content (AvgIpc) is 2.91. The minimum absolute atomic E-state index is 0.204. The first-order chi connectivity index (χ1) is 10.2. The SMILES string of the molecule is CN(Cc1ccccc1[N+](=O)[O-])C1CCc2ccccc21. The molecule has 1 aliphatic rings. The van der Waals surface area contributed by atoms with Crippen LogP contribution in [0.5, 0.6) is 0 Å². The summed E-state index contributed by atoms with van der Waals surface area (Å²) in [6.07, 6.45) is 2.17. The maximum atomic E-state index is 11.1. The number of para-hydroxylation sites is 1. The molecule has 0 aliphatic heterocycles. The van der Waals surface area contributed by atoms with E-state index in [2.05, 4.69) is 29.2 Å². The second kappa shape index (κ2) is 5.66. The second-order valence-electron chi connectivity index (χ2n) is 5.55. The van der Waals surface area contributed by atoms with Crippen molar-refractivity contribution >= 4 is 5.69 Å². The standard InChI is InChI=1S/C17H18N2O2/c1-18(12-14-7-3-5-9-16(14)19(20)21)17-11-10-13-6-2-4-8-15(13)17/h2-9,17H,10-12H2,1H3. The van der Waals surface area contributed by atoms with E-state index in [4.69, 9.17) is 0 Å². The summed E-state index contributed by atoms with van der Waals surface area (Å²) >= 11 is 0. The van der Waals surface area contributed by atoms with Gasteiger partial charge in [0, 0.05) is 24.2 Å². The van der Waals surface area contributed by atoms with Gasteiger partial charge in [0.25, 0.3) is 5.69 Å². The highest BCUT2D eigenvalue weighted by Crippen LogP contribution is 2.36. The lowest BCUT2D eigenvalue weighted by Crippen LogP contribution is -2.22. The number of aryl methyl sites for hydroxylation is 1. The summed E-state index contributed by atoms with van der Waals surface area (Å²) in [6.45, 7) is 0.593. The fourth-order valence-electron chi connectivity index (χ4n) is 3.19. The van der Waals surface area contributed by atoms with Gasteiger partial charge in [0.05, 0.1) is 4.92 Å². The van der Waals surface area contributed by atoms with Crippen LogP contribution in [0, 0.1) is 10.1 Å². The van der Waals surface area contributed by atoms with Crippen LogP contribution in [0.25, 0.3) is 0 Å². The molecule has 0 fully saturated rings. The number of nitro groups is 1. The van der Waals surface area contributed by atoms with E-state index in [9.17, 15) is 10.1 Å². The summed E-state index contributed by atoms with van der Waals surface area (Å²) in [4.78, 5) is 13.0. The van der Waals surface area contributed by atoms with Crippen LogP contribution < -0.4 is 0 Å². The van der Waals surface area contributed by atoms with E-state index in [0.29, 0.717) is 12.6 Å². The molecule has 0 heterocycles. The molecule has 0 aromatic heterocycles. The highest BCUT2D eigenvalue weighted by Gasteiger charge is 2.26. The molecule has 0 saturated carbocycles. The first-order valence-electron chi connectivity index (χ1n) is 7.17. The summed E-state index contributed by atoms with van der Waals surface area (Å²) in [6, 6.07) is 15.8. The van der Waals surface area contributed by atoms with Gasteiger partial charge in [-0.3, -0.25) is 15.0 Å². The lowest BCUT2D eigenvalue weighted by molar-refractivity contribution is -0.385. The third-order valence-corrected chi connectivity index (χ3v) is 4.24. The number of nitrogens with zero attached hydrogens (tertiary/aromatic N) is 2. The number of rotatable bonds is 4. The maximum absolute atomic E-state index is 11.1. The van der Waals surface area contributed by atoms with Crippen molar-refractivity contribution < 1.29 is 4.92 Å². The lowest BCUT2D eigenvalue weighted by Gasteiger charge is -2.25. The van der Waals surface area contributed by atoms with E-state index in [-0.39, 0.29) is 10.6 Å². The molecule has 1 atom stereocenters. The molecular weight excluding hydrogens is 264 g/mol.